The summed E-state index contributed by atoms with van der Waals surface area (Å²) in [4.78, 5) is 0. The van der Waals surface area contributed by atoms with Gasteiger partial charge >= 0.3 is 0 Å². The van der Waals surface area contributed by atoms with E-state index in [9.17, 15) is 4.39 Å². The van der Waals surface area contributed by atoms with Crippen molar-refractivity contribution in [3.63, 3.8) is 0 Å². The van der Waals surface area contributed by atoms with E-state index in [4.69, 9.17) is 10.6 Å². The van der Waals surface area contributed by atoms with Crippen LogP contribution in [-0.4, -0.2) is 19.3 Å². The number of ether oxygens (including phenoxy) is 1. The van der Waals surface area contributed by atoms with Crippen LogP contribution >= 0.6 is 15.9 Å². The Hall–Kier alpha value is -0.490. The molecule has 0 fully saturated rings. The highest BCUT2D eigenvalue weighted by atomic mass is 79.9. The van der Waals surface area contributed by atoms with Crippen LogP contribution in [0.2, 0.25) is 0 Å². The Bertz CT molecular complexity index is 363. The van der Waals surface area contributed by atoms with E-state index in [2.05, 4.69) is 28.3 Å². The first-order valence-corrected chi connectivity index (χ1v) is 6.94. The molecule has 1 atom stereocenters. The van der Waals surface area contributed by atoms with Crippen LogP contribution in [0.25, 0.3) is 0 Å². The van der Waals surface area contributed by atoms with Crippen LogP contribution in [0.5, 0.6) is 0 Å². The molecule has 0 saturated heterocycles. The lowest BCUT2D eigenvalue weighted by atomic mass is 10.0. The fraction of sp³-hybridized carbons (Fsp3) is 0.538. The first-order chi connectivity index (χ1) is 8.67. The van der Waals surface area contributed by atoms with E-state index < -0.39 is 0 Å². The summed E-state index contributed by atoms with van der Waals surface area (Å²) >= 11 is 3.18. The maximum atomic E-state index is 13.1. The predicted octanol–water partition coefficient (Wildman–Crippen LogP) is 2.78. The minimum Gasteiger partial charge on any atom is -0.381 e. The summed E-state index contributed by atoms with van der Waals surface area (Å²) in [6.07, 6.45) is 2.61. The molecule has 0 aliphatic rings. The second kappa shape index (κ2) is 8.58. The smallest absolute Gasteiger partial charge is 0.137 e. The van der Waals surface area contributed by atoms with Crippen LogP contribution in [0.4, 0.5) is 4.39 Å². The molecule has 0 spiro atoms. The van der Waals surface area contributed by atoms with E-state index in [-0.39, 0.29) is 11.9 Å². The summed E-state index contributed by atoms with van der Waals surface area (Å²) in [6, 6.07) is 5.16. The van der Waals surface area contributed by atoms with Crippen molar-refractivity contribution in [1.29, 1.82) is 0 Å². The molecule has 0 aliphatic heterocycles. The molecule has 18 heavy (non-hydrogen) atoms. The molecule has 0 aliphatic carbocycles. The number of hydrogen-bond acceptors (Lipinski definition) is 3. The second-order valence-corrected chi connectivity index (χ2v) is 5.07. The van der Waals surface area contributed by atoms with Crippen LogP contribution in [-0.2, 0) is 11.2 Å². The van der Waals surface area contributed by atoms with Crippen molar-refractivity contribution in [2.75, 3.05) is 13.2 Å². The molecular formula is C13H20BrFN2O. The first kappa shape index (κ1) is 15.6. The lowest BCUT2D eigenvalue weighted by molar-refractivity contribution is 0.124. The van der Waals surface area contributed by atoms with Gasteiger partial charge in [-0.15, -0.1) is 0 Å². The molecule has 102 valence electrons. The summed E-state index contributed by atoms with van der Waals surface area (Å²) in [6.45, 7) is 3.54. The van der Waals surface area contributed by atoms with E-state index in [1.165, 1.54) is 6.07 Å². The number of nitrogens with two attached hydrogens (primary N) is 1. The number of hydrazine groups is 1. The molecule has 0 bridgehead atoms. The lowest BCUT2D eigenvalue weighted by Crippen LogP contribution is -2.37. The molecule has 1 aromatic rings. The molecule has 0 saturated carbocycles. The number of nitrogens with one attached hydrogen (secondary N) is 1. The maximum Gasteiger partial charge on any atom is 0.137 e. The third-order valence-corrected chi connectivity index (χ3v) is 3.27. The molecule has 1 rings (SSSR count). The van der Waals surface area contributed by atoms with Crippen molar-refractivity contribution >= 4 is 15.9 Å². The molecule has 3 nitrogen and oxygen atoms in total. The summed E-state index contributed by atoms with van der Waals surface area (Å²) in [5.41, 5.74) is 3.82. The van der Waals surface area contributed by atoms with Gasteiger partial charge in [-0.25, -0.2) is 4.39 Å². The highest BCUT2D eigenvalue weighted by Crippen LogP contribution is 2.18. The Labute approximate surface area is 116 Å². The van der Waals surface area contributed by atoms with Gasteiger partial charge in [-0.05, 0) is 52.9 Å². The number of rotatable bonds is 8. The minimum absolute atomic E-state index is 0.138. The van der Waals surface area contributed by atoms with Crippen molar-refractivity contribution in [2.45, 2.75) is 32.2 Å². The zero-order valence-corrected chi connectivity index (χ0v) is 12.2. The SMILES string of the molecule is CCCOCCC(Cc1ccc(F)c(Br)c1)NN. The monoisotopic (exact) mass is 318 g/mol. The largest absolute Gasteiger partial charge is 0.381 e. The molecular weight excluding hydrogens is 299 g/mol. The highest BCUT2D eigenvalue weighted by Gasteiger charge is 2.09. The Balaban J connectivity index is 2.44. The number of halogens is 2. The molecule has 5 heteroatoms. The Kier molecular flexibility index (Phi) is 7.42. The standard InChI is InChI=1S/C13H20BrFN2O/c1-2-6-18-7-5-11(17-16)8-10-3-4-13(15)12(14)9-10/h3-4,9,11,17H,2,5-8,16H2,1H3. The molecule has 1 aromatic carbocycles. The molecule has 0 amide bonds. The quantitative estimate of drug-likeness (QED) is 0.440. The fourth-order valence-corrected chi connectivity index (χ4v) is 2.09. The van der Waals surface area contributed by atoms with E-state index in [0.29, 0.717) is 11.1 Å². The Morgan fingerprint density at radius 3 is 2.83 bits per heavy atom. The molecule has 0 heterocycles. The van der Waals surface area contributed by atoms with Crippen molar-refractivity contribution in [1.82, 2.24) is 5.43 Å². The molecule has 3 N–H and O–H groups in total. The van der Waals surface area contributed by atoms with Gasteiger partial charge in [0.2, 0.25) is 0 Å². The molecule has 1 unspecified atom stereocenters. The van der Waals surface area contributed by atoms with Gasteiger partial charge in [-0.2, -0.15) is 0 Å². The van der Waals surface area contributed by atoms with E-state index in [1.54, 1.807) is 12.1 Å². The number of benzene rings is 1. The van der Waals surface area contributed by atoms with Crippen molar-refractivity contribution in [3.05, 3.63) is 34.1 Å². The van der Waals surface area contributed by atoms with Crippen LogP contribution < -0.4 is 11.3 Å². The third kappa shape index (κ3) is 5.44. The maximum absolute atomic E-state index is 13.1. The van der Waals surface area contributed by atoms with Crippen LogP contribution in [0.15, 0.2) is 22.7 Å². The van der Waals surface area contributed by atoms with Gasteiger partial charge in [0.1, 0.15) is 5.82 Å². The minimum atomic E-state index is -0.248. The van der Waals surface area contributed by atoms with Gasteiger partial charge in [-0.1, -0.05) is 13.0 Å². The van der Waals surface area contributed by atoms with Crippen molar-refractivity contribution in [2.24, 2.45) is 5.84 Å². The highest BCUT2D eigenvalue weighted by molar-refractivity contribution is 9.10. The lowest BCUT2D eigenvalue weighted by Gasteiger charge is -2.16. The van der Waals surface area contributed by atoms with Gasteiger partial charge in [0, 0.05) is 19.3 Å². The van der Waals surface area contributed by atoms with Gasteiger partial charge in [0.05, 0.1) is 4.47 Å². The predicted molar refractivity (Wildman–Crippen MR) is 74.6 cm³/mol. The summed E-state index contributed by atoms with van der Waals surface area (Å²) in [5.74, 6) is 5.26. The Morgan fingerprint density at radius 2 is 2.22 bits per heavy atom. The van der Waals surface area contributed by atoms with E-state index in [1.807, 2.05) is 0 Å². The van der Waals surface area contributed by atoms with Gasteiger partial charge < -0.3 is 4.74 Å². The number of hydrogen-bond donors (Lipinski definition) is 2. The Morgan fingerprint density at radius 1 is 1.44 bits per heavy atom. The topological polar surface area (TPSA) is 47.3 Å². The van der Waals surface area contributed by atoms with E-state index in [0.717, 1.165) is 31.4 Å². The fourth-order valence-electron chi connectivity index (χ4n) is 1.67. The summed E-state index contributed by atoms with van der Waals surface area (Å²) < 4.78 is 19.0. The summed E-state index contributed by atoms with van der Waals surface area (Å²) in [7, 11) is 0. The van der Waals surface area contributed by atoms with Crippen molar-refractivity contribution in [3.8, 4) is 0 Å². The molecule has 0 radical (unpaired) electrons. The van der Waals surface area contributed by atoms with Crippen LogP contribution in [0.1, 0.15) is 25.3 Å². The van der Waals surface area contributed by atoms with Gasteiger partial charge in [0.15, 0.2) is 0 Å². The zero-order valence-electron chi connectivity index (χ0n) is 10.6. The third-order valence-electron chi connectivity index (χ3n) is 2.66. The normalized spacial score (nSPS) is 12.7. The van der Waals surface area contributed by atoms with Gasteiger partial charge in [-0.3, -0.25) is 11.3 Å². The van der Waals surface area contributed by atoms with E-state index >= 15 is 0 Å². The average Bonchev–Trinajstić information content (AvgIpc) is 2.37. The molecule has 0 aromatic heterocycles. The average molecular weight is 319 g/mol. The van der Waals surface area contributed by atoms with Gasteiger partial charge in [0.25, 0.3) is 0 Å². The van der Waals surface area contributed by atoms with Crippen molar-refractivity contribution < 1.29 is 9.13 Å². The first-order valence-electron chi connectivity index (χ1n) is 6.15. The second-order valence-electron chi connectivity index (χ2n) is 4.22. The summed E-state index contributed by atoms with van der Waals surface area (Å²) in [5, 5.41) is 0. The zero-order chi connectivity index (χ0) is 13.4. The van der Waals surface area contributed by atoms with Crippen LogP contribution in [0.3, 0.4) is 0 Å². The van der Waals surface area contributed by atoms with Crippen LogP contribution in [0, 0.1) is 5.82 Å².